The molecule has 21 heavy (non-hydrogen) atoms. The summed E-state index contributed by atoms with van der Waals surface area (Å²) < 4.78 is 37.2. The summed E-state index contributed by atoms with van der Waals surface area (Å²) >= 11 is 0. The molecule has 1 aromatic heterocycles. The molecule has 0 spiro atoms. The Balaban J connectivity index is 2.02. The molecule has 2 N–H and O–H groups in total. The molecule has 5 nitrogen and oxygen atoms in total. The molecule has 0 saturated carbocycles. The minimum absolute atomic E-state index is 0.0827. The summed E-state index contributed by atoms with van der Waals surface area (Å²) in [5.74, 6) is -0.641. The van der Waals surface area contributed by atoms with Crippen molar-refractivity contribution >= 4 is 11.8 Å². The third-order valence-electron chi connectivity index (χ3n) is 3.31. The minimum atomic E-state index is -4.48. The Kier molecular flexibility index (Phi) is 4.15. The summed E-state index contributed by atoms with van der Waals surface area (Å²) in [4.78, 5) is 26.6. The zero-order valence-electron chi connectivity index (χ0n) is 11.2. The lowest BCUT2D eigenvalue weighted by molar-refractivity contribution is -0.137. The Morgan fingerprint density at radius 1 is 1.43 bits per heavy atom. The second-order valence-electron chi connectivity index (χ2n) is 4.90. The number of aromatic nitrogens is 1. The number of amides is 2. The van der Waals surface area contributed by atoms with E-state index >= 15 is 0 Å². The molecule has 2 atom stereocenters. The summed E-state index contributed by atoms with van der Waals surface area (Å²) in [7, 11) is 0. The third-order valence-corrected chi connectivity index (χ3v) is 3.31. The Morgan fingerprint density at radius 3 is 2.67 bits per heavy atom. The number of hydrogen-bond donors (Lipinski definition) is 2. The molecule has 1 fully saturated rings. The van der Waals surface area contributed by atoms with Crippen LogP contribution in [-0.4, -0.2) is 28.9 Å². The van der Waals surface area contributed by atoms with Crippen molar-refractivity contribution in [3.05, 3.63) is 29.6 Å². The fourth-order valence-electron chi connectivity index (χ4n) is 2.10. The van der Waals surface area contributed by atoms with Gasteiger partial charge in [0.15, 0.2) is 0 Å². The van der Waals surface area contributed by atoms with Gasteiger partial charge < -0.3 is 10.6 Å². The molecular weight excluding hydrogens is 287 g/mol. The fourth-order valence-corrected chi connectivity index (χ4v) is 2.10. The predicted octanol–water partition coefficient (Wildman–Crippen LogP) is 1.50. The molecule has 2 amide bonds. The van der Waals surface area contributed by atoms with Gasteiger partial charge in [-0.1, -0.05) is 0 Å². The van der Waals surface area contributed by atoms with Crippen LogP contribution in [0.3, 0.4) is 0 Å². The van der Waals surface area contributed by atoms with Crippen LogP contribution < -0.4 is 10.6 Å². The van der Waals surface area contributed by atoms with Crippen LogP contribution in [0, 0.1) is 0 Å². The summed E-state index contributed by atoms with van der Waals surface area (Å²) in [6.07, 6.45) is -3.07. The molecule has 0 aliphatic carbocycles. The first kappa shape index (κ1) is 15.3. The zero-order valence-corrected chi connectivity index (χ0v) is 11.2. The number of alkyl halides is 3. The van der Waals surface area contributed by atoms with Gasteiger partial charge in [0.2, 0.25) is 5.91 Å². The molecule has 0 bridgehead atoms. The van der Waals surface area contributed by atoms with Crippen molar-refractivity contribution in [2.75, 3.05) is 0 Å². The van der Waals surface area contributed by atoms with Crippen LogP contribution in [0.15, 0.2) is 18.3 Å². The number of nitrogens with zero attached hydrogens (tertiary/aromatic N) is 1. The number of carbonyl (C=O) groups excluding carboxylic acids is 2. The zero-order chi connectivity index (χ0) is 15.6. The summed E-state index contributed by atoms with van der Waals surface area (Å²) in [6, 6.07) is 1.35. The maximum absolute atomic E-state index is 12.4. The first-order chi connectivity index (χ1) is 9.77. The van der Waals surface area contributed by atoms with Gasteiger partial charge in [0.05, 0.1) is 5.56 Å². The van der Waals surface area contributed by atoms with Gasteiger partial charge >= 0.3 is 6.18 Å². The molecule has 2 heterocycles. The van der Waals surface area contributed by atoms with Gasteiger partial charge in [0.1, 0.15) is 5.69 Å². The largest absolute Gasteiger partial charge is 0.417 e. The van der Waals surface area contributed by atoms with E-state index in [-0.39, 0.29) is 23.7 Å². The lowest BCUT2D eigenvalue weighted by atomic mass is 9.99. The molecule has 1 aliphatic rings. The lowest BCUT2D eigenvalue weighted by Gasteiger charge is -2.30. The van der Waals surface area contributed by atoms with Crippen LogP contribution >= 0.6 is 0 Å². The van der Waals surface area contributed by atoms with Crippen molar-refractivity contribution in [1.29, 1.82) is 0 Å². The molecule has 2 rings (SSSR count). The van der Waals surface area contributed by atoms with E-state index in [0.29, 0.717) is 19.0 Å². The van der Waals surface area contributed by atoms with Gasteiger partial charge in [0.25, 0.3) is 5.91 Å². The number of halogens is 3. The maximum Gasteiger partial charge on any atom is 0.417 e. The average Bonchev–Trinajstić information content (AvgIpc) is 2.41. The smallest absolute Gasteiger partial charge is 0.352 e. The van der Waals surface area contributed by atoms with Crippen molar-refractivity contribution in [1.82, 2.24) is 15.6 Å². The van der Waals surface area contributed by atoms with E-state index in [9.17, 15) is 22.8 Å². The van der Waals surface area contributed by atoms with Crippen LogP contribution in [0.25, 0.3) is 0 Å². The van der Waals surface area contributed by atoms with Crippen LogP contribution in [0.4, 0.5) is 13.2 Å². The quantitative estimate of drug-likeness (QED) is 0.869. The second kappa shape index (κ2) is 5.71. The van der Waals surface area contributed by atoms with Gasteiger partial charge in [-0.15, -0.1) is 0 Å². The summed E-state index contributed by atoms with van der Waals surface area (Å²) in [5.41, 5.74) is -0.996. The summed E-state index contributed by atoms with van der Waals surface area (Å²) in [6.45, 7) is 1.75. The Morgan fingerprint density at radius 2 is 2.14 bits per heavy atom. The van der Waals surface area contributed by atoms with E-state index in [0.717, 1.165) is 12.1 Å². The molecule has 2 unspecified atom stereocenters. The molecule has 114 valence electrons. The van der Waals surface area contributed by atoms with Crippen molar-refractivity contribution in [3.8, 4) is 0 Å². The highest BCUT2D eigenvalue weighted by molar-refractivity contribution is 5.92. The first-order valence-electron chi connectivity index (χ1n) is 6.41. The van der Waals surface area contributed by atoms with Crippen molar-refractivity contribution in [2.45, 2.75) is 38.0 Å². The van der Waals surface area contributed by atoms with Gasteiger partial charge in [-0.3, -0.25) is 14.6 Å². The van der Waals surface area contributed by atoms with E-state index in [1.54, 1.807) is 6.92 Å². The maximum atomic E-state index is 12.4. The minimum Gasteiger partial charge on any atom is -0.352 e. The van der Waals surface area contributed by atoms with E-state index in [1.165, 1.54) is 0 Å². The SMILES string of the molecule is CC1NC(=O)CCC1NC(=O)c1ccc(C(F)(F)F)cn1. The van der Waals surface area contributed by atoms with E-state index < -0.39 is 17.6 Å². The monoisotopic (exact) mass is 301 g/mol. The number of pyridine rings is 1. The van der Waals surface area contributed by atoms with Gasteiger partial charge in [-0.25, -0.2) is 0 Å². The number of hydrogen-bond acceptors (Lipinski definition) is 3. The molecular formula is C13H14F3N3O2. The van der Waals surface area contributed by atoms with E-state index in [2.05, 4.69) is 15.6 Å². The van der Waals surface area contributed by atoms with Crippen molar-refractivity contribution in [3.63, 3.8) is 0 Å². The van der Waals surface area contributed by atoms with E-state index in [4.69, 9.17) is 0 Å². The topological polar surface area (TPSA) is 71.1 Å². The van der Waals surface area contributed by atoms with Crippen molar-refractivity contribution in [2.24, 2.45) is 0 Å². The van der Waals surface area contributed by atoms with Gasteiger partial charge in [-0.2, -0.15) is 13.2 Å². The van der Waals surface area contributed by atoms with Crippen molar-refractivity contribution < 1.29 is 22.8 Å². The lowest BCUT2D eigenvalue weighted by Crippen LogP contribution is -2.54. The fraction of sp³-hybridized carbons (Fsp3) is 0.462. The molecule has 1 aliphatic heterocycles. The highest BCUT2D eigenvalue weighted by Crippen LogP contribution is 2.28. The highest BCUT2D eigenvalue weighted by Gasteiger charge is 2.31. The second-order valence-corrected chi connectivity index (χ2v) is 4.90. The number of carbonyl (C=O) groups is 2. The normalized spacial score (nSPS) is 22.6. The summed E-state index contributed by atoms with van der Waals surface area (Å²) in [5, 5.41) is 5.36. The molecule has 0 radical (unpaired) electrons. The Labute approximate surface area is 118 Å². The molecule has 8 heteroatoms. The molecule has 0 aromatic carbocycles. The van der Waals surface area contributed by atoms with Crippen LogP contribution in [0.5, 0.6) is 0 Å². The number of piperidine rings is 1. The number of rotatable bonds is 2. The van der Waals surface area contributed by atoms with Crippen LogP contribution in [-0.2, 0) is 11.0 Å². The number of nitrogens with one attached hydrogen (secondary N) is 2. The molecule has 1 aromatic rings. The highest BCUT2D eigenvalue weighted by atomic mass is 19.4. The van der Waals surface area contributed by atoms with Crippen LogP contribution in [0.2, 0.25) is 0 Å². The standard InChI is InChI=1S/C13H14F3N3O2/c1-7-9(4-5-11(20)18-7)19-12(21)10-3-2-8(6-17-10)13(14,15)16/h2-3,6-7,9H,4-5H2,1H3,(H,18,20)(H,19,21). The van der Waals surface area contributed by atoms with Crippen LogP contribution in [0.1, 0.15) is 35.8 Å². The van der Waals surface area contributed by atoms with Gasteiger partial charge in [0, 0.05) is 24.7 Å². The Hall–Kier alpha value is -2.12. The van der Waals surface area contributed by atoms with Gasteiger partial charge in [-0.05, 0) is 25.5 Å². The third kappa shape index (κ3) is 3.71. The molecule has 1 saturated heterocycles. The first-order valence-corrected chi connectivity index (χ1v) is 6.41. The Bertz CT molecular complexity index is 543. The average molecular weight is 301 g/mol. The predicted molar refractivity (Wildman–Crippen MR) is 67.3 cm³/mol. The van der Waals surface area contributed by atoms with E-state index in [1.807, 2.05) is 0 Å².